The average molecular weight is 423 g/mol. The van der Waals surface area contributed by atoms with Crippen LogP contribution in [0.1, 0.15) is 0 Å². The van der Waals surface area contributed by atoms with E-state index >= 15 is 0 Å². The SMILES string of the molecule is c1csc(-c2cc3c(ccc4c3ccc3c5ccc6sccc6c5ccc43)s2)c1. The Hall–Kier alpha value is -2.72. The molecule has 0 radical (unpaired) electrons. The second-order valence-corrected chi connectivity index (χ2v) is 10.4. The molecule has 0 amide bonds. The van der Waals surface area contributed by atoms with Crippen LogP contribution in [0, 0.1) is 0 Å². The van der Waals surface area contributed by atoms with Crippen molar-refractivity contribution in [3.8, 4) is 9.75 Å². The van der Waals surface area contributed by atoms with Crippen molar-refractivity contribution < 1.29 is 0 Å². The second kappa shape index (κ2) is 5.90. The Labute approximate surface area is 179 Å². The Kier molecular flexibility index (Phi) is 3.28. The minimum atomic E-state index is 1.34. The summed E-state index contributed by atoms with van der Waals surface area (Å²) in [5.74, 6) is 0. The van der Waals surface area contributed by atoms with Crippen molar-refractivity contribution in [2.24, 2.45) is 0 Å². The van der Waals surface area contributed by atoms with Crippen LogP contribution in [-0.4, -0.2) is 0 Å². The molecule has 0 aliphatic rings. The molecule has 0 saturated heterocycles. The predicted octanol–water partition coefficient (Wildman–Crippen LogP) is 9.30. The van der Waals surface area contributed by atoms with Gasteiger partial charge in [-0.25, -0.2) is 0 Å². The lowest BCUT2D eigenvalue weighted by atomic mass is 9.95. The standard InChI is InChI=1S/C26H14S3/c1-2-25(27-12-1)26-14-22-20-6-4-15-16(18(20)8-10-24(22)29-26)3-5-19-17(15)7-9-23-21(19)11-13-28-23/h1-14H. The van der Waals surface area contributed by atoms with Crippen LogP contribution in [0.2, 0.25) is 0 Å². The molecule has 0 nitrogen and oxygen atoms in total. The lowest BCUT2D eigenvalue weighted by Crippen LogP contribution is -1.81. The van der Waals surface area contributed by atoms with Gasteiger partial charge in [-0.2, -0.15) is 0 Å². The van der Waals surface area contributed by atoms with Gasteiger partial charge in [-0.05, 0) is 73.4 Å². The molecule has 3 heterocycles. The summed E-state index contributed by atoms with van der Waals surface area (Å²) in [5.41, 5.74) is 0. The molecular formula is C26H14S3. The van der Waals surface area contributed by atoms with Gasteiger partial charge in [-0.15, -0.1) is 34.0 Å². The molecule has 7 aromatic rings. The lowest BCUT2D eigenvalue weighted by Gasteiger charge is -2.09. The average Bonchev–Trinajstić information content (AvgIpc) is 3.52. The van der Waals surface area contributed by atoms with Gasteiger partial charge >= 0.3 is 0 Å². The summed E-state index contributed by atoms with van der Waals surface area (Å²) in [4.78, 5) is 2.71. The first kappa shape index (κ1) is 16.1. The molecule has 0 bridgehead atoms. The molecule has 3 heteroatoms. The lowest BCUT2D eigenvalue weighted by molar-refractivity contribution is 1.86. The molecule has 3 aromatic heterocycles. The number of benzene rings is 4. The quantitative estimate of drug-likeness (QED) is 0.231. The third-order valence-electron chi connectivity index (χ3n) is 5.89. The van der Waals surface area contributed by atoms with Gasteiger partial charge in [0.15, 0.2) is 0 Å². The molecule has 0 aliphatic carbocycles. The molecular weight excluding hydrogens is 408 g/mol. The van der Waals surface area contributed by atoms with Crippen molar-refractivity contribution in [1.82, 2.24) is 0 Å². The van der Waals surface area contributed by atoms with Gasteiger partial charge in [0.25, 0.3) is 0 Å². The monoisotopic (exact) mass is 422 g/mol. The Morgan fingerprint density at radius 1 is 0.414 bits per heavy atom. The fraction of sp³-hybridized carbons (Fsp3) is 0. The number of rotatable bonds is 1. The molecule has 136 valence electrons. The van der Waals surface area contributed by atoms with Crippen molar-refractivity contribution >= 4 is 86.5 Å². The van der Waals surface area contributed by atoms with Crippen molar-refractivity contribution in [2.75, 3.05) is 0 Å². The van der Waals surface area contributed by atoms with Crippen LogP contribution < -0.4 is 0 Å². The van der Waals surface area contributed by atoms with Gasteiger partial charge < -0.3 is 0 Å². The predicted molar refractivity (Wildman–Crippen MR) is 133 cm³/mol. The summed E-state index contributed by atoms with van der Waals surface area (Å²) in [6, 6.07) is 27.4. The maximum atomic E-state index is 2.37. The molecule has 0 spiro atoms. The third kappa shape index (κ3) is 2.24. The number of hydrogen-bond donors (Lipinski definition) is 0. The summed E-state index contributed by atoms with van der Waals surface area (Å²) in [7, 11) is 0. The van der Waals surface area contributed by atoms with E-state index in [2.05, 4.69) is 83.6 Å². The van der Waals surface area contributed by atoms with Gasteiger partial charge in [-0.1, -0.05) is 42.5 Å². The van der Waals surface area contributed by atoms with E-state index in [-0.39, 0.29) is 0 Å². The van der Waals surface area contributed by atoms with E-state index in [1.54, 1.807) is 0 Å². The number of thiophene rings is 3. The van der Waals surface area contributed by atoms with Crippen LogP contribution in [0.4, 0.5) is 0 Å². The highest BCUT2D eigenvalue weighted by molar-refractivity contribution is 7.25. The summed E-state index contributed by atoms with van der Waals surface area (Å²) in [6.07, 6.45) is 0. The van der Waals surface area contributed by atoms with Crippen molar-refractivity contribution in [1.29, 1.82) is 0 Å². The second-order valence-electron chi connectivity index (χ2n) is 7.38. The Morgan fingerprint density at radius 3 is 1.72 bits per heavy atom. The number of fused-ring (bicyclic) bond motifs is 9. The summed E-state index contributed by atoms with van der Waals surface area (Å²) in [5, 5.41) is 15.2. The van der Waals surface area contributed by atoms with E-state index < -0.39 is 0 Å². The molecule has 0 saturated carbocycles. The van der Waals surface area contributed by atoms with Gasteiger partial charge in [-0.3, -0.25) is 0 Å². The van der Waals surface area contributed by atoms with E-state index in [1.165, 1.54) is 62.2 Å². The molecule has 29 heavy (non-hydrogen) atoms. The van der Waals surface area contributed by atoms with Gasteiger partial charge in [0, 0.05) is 29.9 Å². The van der Waals surface area contributed by atoms with Crippen LogP contribution in [0.5, 0.6) is 0 Å². The minimum Gasteiger partial charge on any atom is -0.144 e. The Bertz CT molecular complexity index is 1690. The van der Waals surface area contributed by atoms with Crippen LogP contribution >= 0.6 is 34.0 Å². The van der Waals surface area contributed by atoms with Crippen molar-refractivity contribution in [3.05, 3.63) is 83.6 Å². The highest BCUT2D eigenvalue weighted by Crippen LogP contribution is 2.42. The van der Waals surface area contributed by atoms with Gasteiger partial charge in [0.1, 0.15) is 0 Å². The maximum Gasteiger partial charge on any atom is 0.0455 e. The first-order valence-corrected chi connectivity index (χ1v) is 12.2. The van der Waals surface area contributed by atoms with E-state index in [0.717, 1.165) is 0 Å². The Balaban J connectivity index is 1.58. The normalized spacial score (nSPS) is 12.1. The van der Waals surface area contributed by atoms with Crippen LogP contribution in [0.3, 0.4) is 0 Å². The fourth-order valence-corrected chi connectivity index (χ4v) is 7.26. The van der Waals surface area contributed by atoms with E-state index in [0.29, 0.717) is 0 Å². The Morgan fingerprint density at radius 2 is 1.03 bits per heavy atom. The minimum absolute atomic E-state index is 1.34. The fourth-order valence-electron chi connectivity index (χ4n) is 4.55. The van der Waals surface area contributed by atoms with Crippen molar-refractivity contribution in [3.63, 3.8) is 0 Å². The topological polar surface area (TPSA) is 0 Å². The zero-order valence-corrected chi connectivity index (χ0v) is 17.8. The summed E-state index contributed by atoms with van der Waals surface area (Å²) < 4.78 is 2.72. The molecule has 0 unspecified atom stereocenters. The van der Waals surface area contributed by atoms with Gasteiger partial charge in [0.05, 0.1) is 0 Å². The highest BCUT2D eigenvalue weighted by Gasteiger charge is 2.12. The van der Waals surface area contributed by atoms with E-state index in [4.69, 9.17) is 0 Å². The van der Waals surface area contributed by atoms with Gasteiger partial charge in [0.2, 0.25) is 0 Å². The first-order valence-electron chi connectivity index (χ1n) is 9.59. The zero-order valence-electron chi connectivity index (χ0n) is 15.3. The zero-order chi connectivity index (χ0) is 18.9. The molecule has 0 fully saturated rings. The van der Waals surface area contributed by atoms with E-state index in [1.807, 2.05) is 34.0 Å². The van der Waals surface area contributed by atoms with Crippen molar-refractivity contribution in [2.45, 2.75) is 0 Å². The number of hydrogen-bond acceptors (Lipinski definition) is 3. The summed E-state index contributed by atoms with van der Waals surface area (Å²) >= 11 is 5.52. The van der Waals surface area contributed by atoms with Crippen LogP contribution in [0.15, 0.2) is 83.6 Å². The first-order chi connectivity index (χ1) is 14.4. The van der Waals surface area contributed by atoms with Crippen LogP contribution in [-0.2, 0) is 0 Å². The smallest absolute Gasteiger partial charge is 0.0455 e. The third-order valence-corrected chi connectivity index (χ3v) is 8.94. The maximum absolute atomic E-state index is 2.37. The van der Waals surface area contributed by atoms with Crippen LogP contribution in [0.25, 0.3) is 62.2 Å². The van der Waals surface area contributed by atoms with E-state index in [9.17, 15) is 0 Å². The molecule has 0 atom stereocenters. The molecule has 0 aliphatic heterocycles. The summed E-state index contributed by atoms with van der Waals surface area (Å²) in [6.45, 7) is 0. The molecule has 0 N–H and O–H groups in total. The largest absolute Gasteiger partial charge is 0.144 e. The highest BCUT2D eigenvalue weighted by atomic mass is 32.1. The molecule has 7 rings (SSSR count). The molecule has 4 aromatic carbocycles.